The minimum atomic E-state index is -0.334. The molecule has 1 aromatic heterocycles. The van der Waals surface area contributed by atoms with Gasteiger partial charge < -0.3 is 9.15 Å². The summed E-state index contributed by atoms with van der Waals surface area (Å²) in [5.74, 6) is 0.798. The van der Waals surface area contributed by atoms with Crippen molar-refractivity contribution in [2.24, 2.45) is 0 Å². The Labute approximate surface area is 92.0 Å². The minimum Gasteiger partial charge on any atom is -0.489 e. The zero-order chi connectivity index (χ0) is 11.0. The van der Waals surface area contributed by atoms with Crippen molar-refractivity contribution < 1.29 is 9.15 Å². The lowest BCUT2D eigenvalue weighted by Gasteiger charge is -2.07. The third-order valence-corrected chi connectivity index (χ3v) is 2.64. The highest BCUT2D eigenvalue weighted by molar-refractivity contribution is 5.79. The Morgan fingerprint density at radius 2 is 2.06 bits per heavy atom. The topological polar surface area (TPSA) is 39.4 Å². The van der Waals surface area contributed by atoms with Gasteiger partial charge in [0.25, 0.3) is 0 Å². The molecule has 0 amide bonds. The number of ether oxygens (including phenoxy) is 1. The van der Waals surface area contributed by atoms with Gasteiger partial charge in [-0.3, -0.25) is 0 Å². The number of rotatable bonds is 0. The van der Waals surface area contributed by atoms with Gasteiger partial charge >= 0.3 is 5.63 Å². The Morgan fingerprint density at radius 3 is 3.00 bits per heavy atom. The van der Waals surface area contributed by atoms with Crippen molar-refractivity contribution in [2.45, 2.75) is 6.42 Å². The lowest BCUT2D eigenvalue weighted by Crippen LogP contribution is -1.97. The first-order valence-electron chi connectivity index (χ1n) is 5.17. The van der Waals surface area contributed by atoms with E-state index in [1.165, 1.54) is 6.07 Å². The van der Waals surface area contributed by atoms with Gasteiger partial charge in [0.1, 0.15) is 17.9 Å². The Kier molecular flexibility index (Phi) is 2.03. The maximum absolute atomic E-state index is 11.1. The molecular formula is C13H10O3. The molecule has 1 aliphatic heterocycles. The fourth-order valence-electron chi connectivity index (χ4n) is 1.85. The molecule has 2 heterocycles. The van der Waals surface area contributed by atoms with Crippen molar-refractivity contribution in [2.75, 3.05) is 6.61 Å². The van der Waals surface area contributed by atoms with Crippen LogP contribution >= 0.6 is 0 Å². The molecule has 0 radical (unpaired) electrons. The minimum absolute atomic E-state index is 0.334. The maximum atomic E-state index is 11.1. The largest absolute Gasteiger partial charge is 0.489 e. The number of allylic oxidation sites excluding steroid dienone is 1. The first-order valence-corrected chi connectivity index (χ1v) is 5.17. The van der Waals surface area contributed by atoms with E-state index < -0.39 is 0 Å². The molecule has 0 saturated carbocycles. The van der Waals surface area contributed by atoms with Crippen LogP contribution in [0.2, 0.25) is 0 Å². The molecule has 80 valence electrons. The standard InChI is InChI=1S/C13H10O3/c14-13-5-4-10-7-9-3-1-2-6-15-11(9)8-12(10)16-13/h1-2,4-5,7-8H,3,6H2. The Bertz CT molecular complexity index is 623. The summed E-state index contributed by atoms with van der Waals surface area (Å²) >= 11 is 0. The zero-order valence-corrected chi connectivity index (χ0v) is 8.60. The van der Waals surface area contributed by atoms with Crippen LogP contribution in [0, 0.1) is 0 Å². The predicted molar refractivity (Wildman–Crippen MR) is 60.8 cm³/mol. The van der Waals surface area contributed by atoms with Gasteiger partial charge in [0.2, 0.25) is 0 Å². The van der Waals surface area contributed by atoms with Crippen LogP contribution in [0.3, 0.4) is 0 Å². The summed E-state index contributed by atoms with van der Waals surface area (Å²) in [5.41, 5.74) is 1.36. The molecule has 0 aliphatic carbocycles. The molecule has 3 rings (SSSR count). The van der Waals surface area contributed by atoms with Crippen LogP contribution in [0.15, 0.2) is 45.6 Å². The molecule has 16 heavy (non-hydrogen) atoms. The van der Waals surface area contributed by atoms with E-state index in [2.05, 4.69) is 6.08 Å². The number of hydrogen-bond donors (Lipinski definition) is 0. The van der Waals surface area contributed by atoms with Crippen molar-refractivity contribution in [1.29, 1.82) is 0 Å². The van der Waals surface area contributed by atoms with E-state index >= 15 is 0 Å². The van der Waals surface area contributed by atoms with E-state index in [4.69, 9.17) is 9.15 Å². The van der Waals surface area contributed by atoms with Gasteiger partial charge in [0.05, 0.1) is 0 Å². The van der Waals surface area contributed by atoms with Crippen LogP contribution in [-0.4, -0.2) is 6.61 Å². The normalized spacial score (nSPS) is 14.2. The first-order chi connectivity index (χ1) is 7.83. The second-order valence-corrected chi connectivity index (χ2v) is 3.74. The molecule has 1 aliphatic rings. The Hall–Kier alpha value is -2.03. The molecule has 0 saturated heterocycles. The van der Waals surface area contributed by atoms with Crippen LogP contribution in [0.5, 0.6) is 5.75 Å². The molecule has 1 aromatic carbocycles. The van der Waals surface area contributed by atoms with E-state index in [9.17, 15) is 4.79 Å². The van der Waals surface area contributed by atoms with Crippen LogP contribution in [-0.2, 0) is 6.42 Å². The number of hydrogen-bond acceptors (Lipinski definition) is 3. The summed E-state index contributed by atoms with van der Waals surface area (Å²) in [5, 5.41) is 0.928. The van der Waals surface area contributed by atoms with Gasteiger partial charge in [-0.1, -0.05) is 12.2 Å². The van der Waals surface area contributed by atoms with Crippen molar-refractivity contribution in [1.82, 2.24) is 0 Å². The second kappa shape index (κ2) is 3.52. The molecule has 0 spiro atoms. The lowest BCUT2D eigenvalue weighted by molar-refractivity contribution is 0.362. The molecular weight excluding hydrogens is 204 g/mol. The highest BCUT2D eigenvalue weighted by Gasteiger charge is 2.08. The molecule has 3 heteroatoms. The number of fused-ring (bicyclic) bond motifs is 2. The van der Waals surface area contributed by atoms with E-state index in [0.29, 0.717) is 12.2 Å². The van der Waals surface area contributed by atoms with Gasteiger partial charge in [0.15, 0.2) is 0 Å². The molecule has 2 aromatic rings. The van der Waals surface area contributed by atoms with Gasteiger partial charge in [-0.05, 0) is 24.1 Å². The fraction of sp³-hybridized carbons (Fsp3) is 0.154. The second-order valence-electron chi connectivity index (χ2n) is 3.74. The average molecular weight is 214 g/mol. The van der Waals surface area contributed by atoms with E-state index in [1.54, 1.807) is 12.1 Å². The SMILES string of the molecule is O=c1ccc2cc3c(cc2o1)OCC=CC3. The van der Waals surface area contributed by atoms with E-state index in [1.807, 2.05) is 12.1 Å². The van der Waals surface area contributed by atoms with Crippen molar-refractivity contribution in [3.63, 3.8) is 0 Å². The van der Waals surface area contributed by atoms with E-state index in [-0.39, 0.29) is 5.63 Å². The van der Waals surface area contributed by atoms with Crippen molar-refractivity contribution >= 4 is 11.0 Å². The van der Waals surface area contributed by atoms with Crippen LogP contribution in [0.4, 0.5) is 0 Å². The monoisotopic (exact) mass is 214 g/mol. The summed E-state index contributed by atoms with van der Waals surface area (Å²) in [6.07, 6.45) is 4.92. The third-order valence-electron chi connectivity index (χ3n) is 2.64. The highest BCUT2D eigenvalue weighted by Crippen LogP contribution is 2.27. The quantitative estimate of drug-likeness (QED) is 0.499. The maximum Gasteiger partial charge on any atom is 0.336 e. The van der Waals surface area contributed by atoms with Crippen LogP contribution < -0.4 is 10.4 Å². The summed E-state index contributed by atoms with van der Waals surface area (Å²) in [6.45, 7) is 0.565. The summed E-state index contributed by atoms with van der Waals surface area (Å²) in [4.78, 5) is 11.1. The lowest BCUT2D eigenvalue weighted by atomic mass is 10.1. The zero-order valence-electron chi connectivity index (χ0n) is 8.60. The highest BCUT2D eigenvalue weighted by atomic mass is 16.5. The van der Waals surface area contributed by atoms with E-state index in [0.717, 1.165) is 23.1 Å². The Balaban J connectivity index is 2.26. The van der Waals surface area contributed by atoms with Gasteiger partial charge in [-0.15, -0.1) is 0 Å². The molecule has 0 N–H and O–H groups in total. The molecule has 3 nitrogen and oxygen atoms in total. The van der Waals surface area contributed by atoms with Crippen LogP contribution in [0.1, 0.15) is 5.56 Å². The predicted octanol–water partition coefficient (Wildman–Crippen LogP) is 2.28. The van der Waals surface area contributed by atoms with Crippen molar-refractivity contribution in [3.8, 4) is 5.75 Å². The van der Waals surface area contributed by atoms with Crippen molar-refractivity contribution in [3.05, 3.63) is 52.4 Å². The smallest absolute Gasteiger partial charge is 0.336 e. The Morgan fingerprint density at radius 1 is 1.12 bits per heavy atom. The molecule has 0 bridgehead atoms. The summed E-state index contributed by atoms with van der Waals surface area (Å²) in [7, 11) is 0. The van der Waals surface area contributed by atoms with Crippen LogP contribution in [0.25, 0.3) is 11.0 Å². The average Bonchev–Trinajstić information content (AvgIpc) is 2.50. The molecule has 0 atom stereocenters. The van der Waals surface area contributed by atoms with Gasteiger partial charge in [-0.2, -0.15) is 0 Å². The first kappa shape index (κ1) is 9.21. The van der Waals surface area contributed by atoms with Gasteiger partial charge in [0, 0.05) is 17.5 Å². The molecule has 0 fully saturated rings. The molecule has 0 unspecified atom stereocenters. The third kappa shape index (κ3) is 1.50. The van der Waals surface area contributed by atoms with Gasteiger partial charge in [-0.25, -0.2) is 4.79 Å². The summed E-state index contributed by atoms with van der Waals surface area (Å²) in [6, 6.07) is 7.00. The summed E-state index contributed by atoms with van der Waals surface area (Å²) < 4.78 is 10.7. The fourth-order valence-corrected chi connectivity index (χ4v) is 1.85. The number of benzene rings is 1.